The molecule has 0 aliphatic rings. The van der Waals surface area contributed by atoms with Crippen LogP contribution in [0.3, 0.4) is 0 Å². The molecule has 0 saturated heterocycles. The summed E-state index contributed by atoms with van der Waals surface area (Å²) in [6.07, 6.45) is 3.74. The summed E-state index contributed by atoms with van der Waals surface area (Å²) >= 11 is 0. The molecule has 25 heavy (non-hydrogen) atoms. The minimum Gasteiger partial charge on any atom is -0.368 e. The maximum absolute atomic E-state index is 4.86. The Morgan fingerprint density at radius 1 is 0.880 bits per heavy atom. The fourth-order valence-corrected chi connectivity index (χ4v) is 3.04. The van der Waals surface area contributed by atoms with Gasteiger partial charge < -0.3 is 5.32 Å². The van der Waals surface area contributed by atoms with E-state index < -0.39 is 0 Å². The Kier molecular flexibility index (Phi) is 3.94. The Balaban J connectivity index is 2.09. The van der Waals surface area contributed by atoms with E-state index in [9.17, 15) is 0 Å². The number of imidazole rings is 1. The molecular weight excluding hydrogens is 308 g/mol. The summed E-state index contributed by atoms with van der Waals surface area (Å²) in [6, 6.07) is 21.0. The van der Waals surface area contributed by atoms with Crippen LogP contribution in [0.1, 0.15) is 13.8 Å². The van der Waals surface area contributed by atoms with Crippen molar-refractivity contribution in [3.05, 3.63) is 73.1 Å². The molecule has 0 fully saturated rings. The fourth-order valence-electron chi connectivity index (χ4n) is 3.04. The molecule has 4 aromatic rings. The number of nitrogens with one attached hydrogen (secondary N) is 1. The van der Waals surface area contributed by atoms with E-state index in [1.807, 2.05) is 34.9 Å². The number of benzene rings is 2. The van der Waals surface area contributed by atoms with E-state index in [-0.39, 0.29) is 0 Å². The van der Waals surface area contributed by atoms with Crippen molar-refractivity contribution >= 4 is 11.6 Å². The topological polar surface area (TPSA) is 42.2 Å². The predicted octanol–water partition coefficient (Wildman–Crippen LogP) is 4.88. The van der Waals surface area contributed by atoms with E-state index in [0.717, 1.165) is 28.2 Å². The quantitative estimate of drug-likeness (QED) is 0.580. The summed E-state index contributed by atoms with van der Waals surface area (Å²) in [7, 11) is 0. The van der Waals surface area contributed by atoms with Crippen molar-refractivity contribution in [2.24, 2.45) is 0 Å². The van der Waals surface area contributed by atoms with Gasteiger partial charge in [0.25, 0.3) is 0 Å². The number of anilines is 1. The van der Waals surface area contributed by atoms with Crippen LogP contribution >= 0.6 is 0 Å². The maximum Gasteiger partial charge on any atom is 0.235 e. The van der Waals surface area contributed by atoms with E-state index in [4.69, 9.17) is 4.98 Å². The molecule has 4 heteroatoms. The van der Waals surface area contributed by atoms with Crippen molar-refractivity contribution < 1.29 is 0 Å². The highest BCUT2D eigenvalue weighted by molar-refractivity contribution is 5.89. The lowest BCUT2D eigenvalue weighted by molar-refractivity contribution is 0.880. The van der Waals surface area contributed by atoms with Gasteiger partial charge in [-0.3, -0.25) is 4.40 Å². The predicted molar refractivity (Wildman–Crippen MR) is 103 cm³/mol. The largest absolute Gasteiger partial charge is 0.368 e. The second kappa shape index (κ2) is 6.40. The third-order valence-corrected chi connectivity index (χ3v) is 4.08. The van der Waals surface area contributed by atoms with Crippen LogP contribution in [-0.2, 0) is 0 Å². The molecule has 0 saturated carbocycles. The van der Waals surface area contributed by atoms with Gasteiger partial charge in [-0.25, -0.2) is 9.97 Å². The Labute approximate surface area is 147 Å². The van der Waals surface area contributed by atoms with Crippen LogP contribution in [-0.4, -0.2) is 20.4 Å². The van der Waals surface area contributed by atoms with Crippen molar-refractivity contribution in [1.82, 2.24) is 14.4 Å². The zero-order chi connectivity index (χ0) is 17.2. The summed E-state index contributed by atoms with van der Waals surface area (Å²) in [5.74, 6) is 1.71. The summed E-state index contributed by atoms with van der Waals surface area (Å²) < 4.78 is 2.02. The Morgan fingerprint density at radius 2 is 1.52 bits per heavy atom. The number of hydrogen-bond acceptors (Lipinski definition) is 3. The molecule has 2 heterocycles. The van der Waals surface area contributed by atoms with Crippen LogP contribution in [0, 0.1) is 0 Å². The van der Waals surface area contributed by atoms with Gasteiger partial charge in [0.05, 0.1) is 5.69 Å². The first kappa shape index (κ1) is 15.4. The fraction of sp³-hybridized carbons (Fsp3) is 0.143. The average Bonchev–Trinajstić information content (AvgIpc) is 3.11. The molecule has 0 amide bonds. The van der Waals surface area contributed by atoms with Gasteiger partial charge in [-0.2, -0.15) is 0 Å². The zero-order valence-corrected chi connectivity index (χ0v) is 14.3. The summed E-state index contributed by atoms with van der Waals surface area (Å²) in [4.78, 5) is 9.28. The van der Waals surface area contributed by atoms with Gasteiger partial charge in [0.1, 0.15) is 5.82 Å². The van der Waals surface area contributed by atoms with Gasteiger partial charge in [-0.1, -0.05) is 60.7 Å². The van der Waals surface area contributed by atoms with Crippen molar-refractivity contribution in [3.8, 4) is 22.4 Å². The lowest BCUT2D eigenvalue weighted by Crippen LogP contribution is -2.15. The minimum absolute atomic E-state index is 0.291. The van der Waals surface area contributed by atoms with Gasteiger partial charge in [0, 0.05) is 29.6 Å². The SMILES string of the molecule is CC(C)Nc1c(-c2ccccc2)c(-c2ccccc2)nc2nccn12. The first-order valence-corrected chi connectivity index (χ1v) is 8.48. The number of nitrogens with zero attached hydrogens (tertiary/aromatic N) is 3. The Morgan fingerprint density at radius 3 is 2.16 bits per heavy atom. The molecule has 0 unspecified atom stereocenters. The highest BCUT2D eigenvalue weighted by Gasteiger charge is 2.19. The van der Waals surface area contributed by atoms with Crippen molar-refractivity contribution in [1.29, 1.82) is 0 Å². The third kappa shape index (κ3) is 2.87. The second-order valence-corrected chi connectivity index (χ2v) is 6.31. The van der Waals surface area contributed by atoms with Gasteiger partial charge in [0.15, 0.2) is 0 Å². The van der Waals surface area contributed by atoms with Crippen molar-refractivity contribution in [3.63, 3.8) is 0 Å². The highest BCUT2D eigenvalue weighted by Crippen LogP contribution is 2.37. The lowest BCUT2D eigenvalue weighted by Gasteiger charge is -2.20. The first-order chi connectivity index (χ1) is 12.2. The van der Waals surface area contributed by atoms with Gasteiger partial charge in [-0.15, -0.1) is 0 Å². The Hall–Kier alpha value is -3.14. The van der Waals surface area contributed by atoms with Crippen LogP contribution in [0.4, 0.5) is 5.82 Å². The van der Waals surface area contributed by atoms with E-state index in [0.29, 0.717) is 11.8 Å². The number of hydrogen-bond donors (Lipinski definition) is 1. The van der Waals surface area contributed by atoms with Crippen LogP contribution in [0.2, 0.25) is 0 Å². The highest BCUT2D eigenvalue weighted by atomic mass is 15.2. The molecule has 4 nitrogen and oxygen atoms in total. The van der Waals surface area contributed by atoms with E-state index in [2.05, 4.69) is 60.5 Å². The monoisotopic (exact) mass is 328 g/mol. The van der Waals surface area contributed by atoms with Crippen molar-refractivity contribution in [2.75, 3.05) is 5.32 Å². The van der Waals surface area contributed by atoms with Crippen LogP contribution in [0.15, 0.2) is 73.1 Å². The number of fused-ring (bicyclic) bond motifs is 1. The summed E-state index contributed by atoms with van der Waals surface area (Å²) in [6.45, 7) is 4.28. The van der Waals surface area contributed by atoms with Crippen LogP contribution < -0.4 is 5.32 Å². The molecule has 0 bridgehead atoms. The summed E-state index contributed by atoms with van der Waals surface area (Å²) in [5, 5.41) is 3.59. The van der Waals surface area contributed by atoms with Gasteiger partial charge >= 0.3 is 0 Å². The van der Waals surface area contributed by atoms with Crippen LogP contribution in [0.5, 0.6) is 0 Å². The van der Waals surface area contributed by atoms with Crippen LogP contribution in [0.25, 0.3) is 28.2 Å². The van der Waals surface area contributed by atoms with Crippen molar-refractivity contribution in [2.45, 2.75) is 19.9 Å². The van der Waals surface area contributed by atoms with E-state index in [1.165, 1.54) is 0 Å². The average molecular weight is 328 g/mol. The molecule has 0 aliphatic carbocycles. The number of aromatic nitrogens is 3. The molecule has 0 atom stereocenters. The van der Waals surface area contributed by atoms with Gasteiger partial charge in [0.2, 0.25) is 5.78 Å². The lowest BCUT2D eigenvalue weighted by atomic mass is 9.99. The zero-order valence-electron chi connectivity index (χ0n) is 14.3. The van der Waals surface area contributed by atoms with E-state index >= 15 is 0 Å². The smallest absolute Gasteiger partial charge is 0.235 e. The molecule has 0 spiro atoms. The molecule has 0 radical (unpaired) electrons. The maximum atomic E-state index is 4.86. The number of rotatable bonds is 4. The van der Waals surface area contributed by atoms with E-state index in [1.54, 1.807) is 6.20 Å². The first-order valence-electron chi connectivity index (χ1n) is 8.48. The summed E-state index contributed by atoms with van der Waals surface area (Å²) in [5.41, 5.74) is 4.24. The third-order valence-electron chi connectivity index (χ3n) is 4.08. The van der Waals surface area contributed by atoms with Gasteiger partial charge in [-0.05, 0) is 19.4 Å². The second-order valence-electron chi connectivity index (χ2n) is 6.31. The molecule has 4 rings (SSSR count). The standard InChI is InChI=1S/C21H20N4/c1-15(2)23-20-18(16-9-5-3-6-10-16)19(17-11-7-4-8-12-17)24-21-22-13-14-25(20)21/h3-15,23H,1-2H3. The normalized spacial score (nSPS) is 11.2. The molecular formula is C21H20N4. The Bertz CT molecular complexity index is 989. The molecule has 2 aromatic carbocycles. The molecule has 1 N–H and O–H groups in total. The molecule has 124 valence electrons. The molecule has 2 aromatic heterocycles. The molecule has 0 aliphatic heterocycles. The minimum atomic E-state index is 0.291.